The van der Waals surface area contributed by atoms with E-state index in [4.69, 9.17) is 25.8 Å². The standard InChI is InChI=1S/C24H21ClN2O5/c1-16(31-22-8-4-6-19(25)14-22)23(28)27-26-15-17-5-3-7-21(13-17)32-24(29)18-9-11-20(30-2)12-10-18/h3-16H,1-2H3,(H,27,28)/b26-15-/t16-/m0/s1. The van der Waals surface area contributed by atoms with Crippen LogP contribution < -0.4 is 19.6 Å². The summed E-state index contributed by atoms with van der Waals surface area (Å²) in [7, 11) is 1.55. The molecule has 164 valence electrons. The van der Waals surface area contributed by atoms with E-state index >= 15 is 0 Å². The number of halogens is 1. The zero-order valence-corrected chi connectivity index (χ0v) is 18.2. The number of amides is 1. The van der Waals surface area contributed by atoms with E-state index in [2.05, 4.69) is 10.5 Å². The Kier molecular flexibility index (Phi) is 7.83. The molecule has 3 aromatic rings. The first-order valence-corrected chi connectivity index (χ1v) is 10.0. The molecule has 1 amide bonds. The van der Waals surface area contributed by atoms with Crippen LogP contribution in [-0.2, 0) is 4.79 Å². The molecule has 0 aliphatic heterocycles. The molecule has 0 spiro atoms. The second kappa shape index (κ2) is 11.0. The molecule has 7 nitrogen and oxygen atoms in total. The number of esters is 1. The van der Waals surface area contributed by atoms with Crippen LogP contribution in [0.5, 0.6) is 17.2 Å². The number of carbonyl (C=O) groups is 2. The van der Waals surface area contributed by atoms with Crippen molar-refractivity contribution in [3.05, 3.63) is 88.9 Å². The first kappa shape index (κ1) is 22.8. The number of hydrogen-bond acceptors (Lipinski definition) is 6. The molecule has 3 aromatic carbocycles. The van der Waals surface area contributed by atoms with Crippen molar-refractivity contribution >= 4 is 29.7 Å². The summed E-state index contributed by atoms with van der Waals surface area (Å²) < 4.78 is 16.0. The van der Waals surface area contributed by atoms with E-state index in [0.717, 1.165) is 0 Å². The van der Waals surface area contributed by atoms with Crippen molar-refractivity contribution in [3.8, 4) is 17.2 Å². The van der Waals surface area contributed by atoms with Gasteiger partial charge in [0.25, 0.3) is 5.91 Å². The van der Waals surface area contributed by atoms with Crippen molar-refractivity contribution in [3.63, 3.8) is 0 Å². The number of rotatable bonds is 8. The number of ether oxygens (including phenoxy) is 3. The van der Waals surface area contributed by atoms with Gasteiger partial charge in [0.2, 0.25) is 0 Å². The SMILES string of the molecule is COc1ccc(C(=O)Oc2cccc(/C=N\NC(=O)[C@H](C)Oc3cccc(Cl)c3)c2)cc1. The molecule has 1 N–H and O–H groups in total. The van der Waals surface area contributed by atoms with Gasteiger partial charge in [-0.3, -0.25) is 4.79 Å². The van der Waals surface area contributed by atoms with Gasteiger partial charge in [-0.2, -0.15) is 5.10 Å². The summed E-state index contributed by atoms with van der Waals surface area (Å²) >= 11 is 5.91. The van der Waals surface area contributed by atoms with Gasteiger partial charge >= 0.3 is 5.97 Å². The monoisotopic (exact) mass is 452 g/mol. The van der Waals surface area contributed by atoms with Gasteiger partial charge in [0.15, 0.2) is 6.10 Å². The highest BCUT2D eigenvalue weighted by atomic mass is 35.5. The van der Waals surface area contributed by atoms with Gasteiger partial charge in [-0.25, -0.2) is 10.2 Å². The van der Waals surface area contributed by atoms with Gasteiger partial charge in [0, 0.05) is 5.02 Å². The summed E-state index contributed by atoms with van der Waals surface area (Å²) in [6.45, 7) is 1.60. The van der Waals surface area contributed by atoms with Crippen LogP contribution in [0.1, 0.15) is 22.8 Å². The van der Waals surface area contributed by atoms with E-state index in [1.807, 2.05) is 0 Å². The van der Waals surface area contributed by atoms with Crippen LogP contribution in [0.15, 0.2) is 77.9 Å². The van der Waals surface area contributed by atoms with Crippen LogP contribution in [0, 0.1) is 0 Å². The van der Waals surface area contributed by atoms with E-state index < -0.39 is 18.0 Å². The molecule has 0 saturated carbocycles. The Morgan fingerprint density at radius 2 is 1.69 bits per heavy atom. The fourth-order valence-electron chi connectivity index (χ4n) is 2.61. The normalized spacial score (nSPS) is 11.6. The van der Waals surface area contributed by atoms with Crippen molar-refractivity contribution < 1.29 is 23.8 Å². The number of methoxy groups -OCH3 is 1. The van der Waals surface area contributed by atoms with E-state index in [0.29, 0.717) is 33.4 Å². The van der Waals surface area contributed by atoms with Gasteiger partial charge in [-0.1, -0.05) is 29.8 Å². The summed E-state index contributed by atoms with van der Waals surface area (Å²) in [4.78, 5) is 24.5. The van der Waals surface area contributed by atoms with Crippen molar-refractivity contribution in [2.75, 3.05) is 7.11 Å². The van der Waals surface area contributed by atoms with Crippen molar-refractivity contribution in [2.45, 2.75) is 13.0 Å². The Morgan fingerprint density at radius 3 is 2.41 bits per heavy atom. The lowest BCUT2D eigenvalue weighted by Gasteiger charge is -2.12. The van der Waals surface area contributed by atoms with E-state index in [1.165, 1.54) is 6.21 Å². The first-order chi connectivity index (χ1) is 15.4. The lowest BCUT2D eigenvalue weighted by molar-refractivity contribution is -0.127. The summed E-state index contributed by atoms with van der Waals surface area (Å²) in [6.07, 6.45) is 0.664. The minimum absolute atomic E-state index is 0.346. The van der Waals surface area contributed by atoms with Gasteiger partial charge < -0.3 is 14.2 Å². The third-order valence-electron chi connectivity index (χ3n) is 4.26. The highest BCUT2D eigenvalue weighted by molar-refractivity contribution is 6.30. The summed E-state index contributed by atoms with van der Waals surface area (Å²) in [5.41, 5.74) is 3.44. The van der Waals surface area contributed by atoms with Gasteiger partial charge in [0.1, 0.15) is 17.2 Å². The minimum atomic E-state index is -0.776. The third-order valence-corrected chi connectivity index (χ3v) is 4.50. The Labute approximate surface area is 190 Å². The molecular formula is C24H21ClN2O5. The predicted molar refractivity (Wildman–Crippen MR) is 122 cm³/mol. The van der Waals surface area contributed by atoms with E-state index in [-0.39, 0.29) is 0 Å². The maximum Gasteiger partial charge on any atom is 0.343 e. The summed E-state index contributed by atoms with van der Waals surface area (Å²) in [6, 6.07) is 20.1. The zero-order chi connectivity index (χ0) is 22.9. The number of benzene rings is 3. The molecule has 0 aliphatic carbocycles. The van der Waals surface area contributed by atoms with Crippen LogP contribution >= 0.6 is 11.6 Å². The molecule has 0 radical (unpaired) electrons. The topological polar surface area (TPSA) is 86.2 Å². The lowest BCUT2D eigenvalue weighted by Crippen LogP contribution is -2.33. The van der Waals surface area contributed by atoms with Gasteiger partial charge in [-0.15, -0.1) is 0 Å². The molecule has 0 aromatic heterocycles. The lowest BCUT2D eigenvalue weighted by atomic mass is 10.2. The molecule has 3 rings (SSSR count). The van der Waals surface area contributed by atoms with Crippen LogP contribution in [0.25, 0.3) is 0 Å². The van der Waals surface area contributed by atoms with E-state index in [9.17, 15) is 9.59 Å². The fourth-order valence-corrected chi connectivity index (χ4v) is 2.79. The molecule has 0 unspecified atom stereocenters. The molecule has 0 heterocycles. The Hall–Kier alpha value is -3.84. The fraction of sp³-hybridized carbons (Fsp3) is 0.125. The maximum absolute atomic E-state index is 12.3. The Bertz CT molecular complexity index is 1120. The zero-order valence-electron chi connectivity index (χ0n) is 17.4. The number of carbonyl (C=O) groups excluding carboxylic acids is 2. The number of nitrogens with zero attached hydrogens (tertiary/aromatic N) is 1. The number of nitrogens with one attached hydrogen (secondary N) is 1. The smallest absolute Gasteiger partial charge is 0.343 e. The van der Waals surface area contributed by atoms with E-state index in [1.54, 1.807) is 86.8 Å². The van der Waals surface area contributed by atoms with Gasteiger partial charge in [0.05, 0.1) is 18.9 Å². The molecular weight excluding hydrogens is 432 g/mol. The second-order valence-electron chi connectivity index (χ2n) is 6.64. The molecule has 8 heteroatoms. The first-order valence-electron chi connectivity index (χ1n) is 9.66. The molecule has 0 fully saturated rings. The van der Waals surface area contributed by atoms with Crippen molar-refractivity contribution in [2.24, 2.45) is 5.10 Å². The highest BCUT2D eigenvalue weighted by Gasteiger charge is 2.14. The number of hydrogen-bond donors (Lipinski definition) is 1. The van der Waals surface area contributed by atoms with Crippen LogP contribution in [0.4, 0.5) is 0 Å². The highest BCUT2D eigenvalue weighted by Crippen LogP contribution is 2.19. The molecule has 1 atom stereocenters. The quantitative estimate of drug-likeness (QED) is 0.235. The van der Waals surface area contributed by atoms with Crippen molar-refractivity contribution in [1.29, 1.82) is 0 Å². The molecule has 32 heavy (non-hydrogen) atoms. The Morgan fingerprint density at radius 1 is 0.969 bits per heavy atom. The Balaban J connectivity index is 1.55. The molecule has 0 bridgehead atoms. The summed E-state index contributed by atoms with van der Waals surface area (Å²) in [5, 5.41) is 4.45. The number of hydrazone groups is 1. The van der Waals surface area contributed by atoms with Crippen molar-refractivity contribution in [1.82, 2.24) is 5.43 Å². The summed E-state index contributed by atoms with van der Waals surface area (Å²) in [5.74, 6) is 0.550. The third kappa shape index (κ3) is 6.58. The maximum atomic E-state index is 12.3. The average molecular weight is 453 g/mol. The largest absolute Gasteiger partial charge is 0.497 e. The van der Waals surface area contributed by atoms with Crippen LogP contribution in [0.3, 0.4) is 0 Å². The molecule has 0 aliphatic rings. The van der Waals surface area contributed by atoms with Crippen LogP contribution in [-0.4, -0.2) is 31.3 Å². The minimum Gasteiger partial charge on any atom is -0.497 e. The predicted octanol–water partition coefficient (Wildman–Crippen LogP) is 4.49. The average Bonchev–Trinajstić information content (AvgIpc) is 2.79. The molecule has 0 saturated heterocycles. The van der Waals surface area contributed by atoms with Crippen LogP contribution in [0.2, 0.25) is 5.02 Å². The van der Waals surface area contributed by atoms with Gasteiger partial charge in [-0.05, 0) is 67.1 Å². The second-order valence-corrected chi connectivity index (χ2v) is 7.08.